The highest BCUT2D eigenvalue weighted by atomic mass is 15.4. The molecule has 0 unspecified atom stereocenters. The lowest BCUT2D eigenvalue weighted by Gasteiger charge is -2.05. The highest BCUT2D eigenvalue weighted by Gasteiger charge is 2.10. The molecule has 0 aromatic carbocycles. The fourth-order valence-corrected chi connectivity index (χ4v) is 1.22. The maximum Gasteiger partial charge on any atom is 0.174 e. The third-order valence-corrected chi connectivity index (χ3v) is 1.86. The summed E-state index contributed by atoms with van der Waals surface area (Å²) in [6.07, 6.45) is 6.47. The van der Waals surface area contributed by atoms with Crippen molar-refractivity contribution in [1.82, 2.24) is 24.7 Å². The highest BCUT2D eigenvalue weighted by molar-refractivity contribution is 5.17. The zero-order valence-electron chi connectivity index (χ0n) is 8.12. The Morgan fingerprint density at radius 1 is 1.21 bits per heavy atom. The molecule has 2 rings (SSSR count). The van der Waals surface area contributed by atoms with E-state index in [2.05, 4.69) is 33.9 Å². The van der Waals surface area contributed by atoms with Gasteiger partial charge in [-0.05, 0) is 0 Å². The van der Waals surface area contributed by atoms with Crippen LogP contribution in [0.25, 0.3) is 5.82 Å². The Morgan fingerprint density at radius 3 is 2.71 bits per heavy atom. The van der Waals surface area contributed by atoms with Crippen molar-refractivity contribution in [2.75, 3.05) is 0 Å². The van der Waals surface area contributed by atoms with Crippen LogP contribution in [0.1, 0.15) is 25.6 Å². The lowest BCUT2D eigenvalue weighted by Crippen LogP contribution is -2.06. The molecule has 2 aromatic heterocycles. The van der Waals surface area contributed by atoms with Crippen molar-refractivity contribution in [1.29, 1.82) is 0 Å². The summed E-state index contributed by atoms with van der Waals surface area (Å²) in [5.41, 5.74) is 0. The van der Waals surface area contributed by atoms with Gasteiger partial charge < -0.3 is 0 Å². The van der Waals surface area contributed by atoms with E-state index in [1.807, 2.05) is 0 Å². The summed E-state index contributed by atoms with van der Waals surface area (Å²) >= 11 is 0. The third kappa shape index (κ3) is 1.48. The molecule has 0 fully saturated rings. The lowest BCUT2D eigenvalue weighted by atomic mass is 10.2. The van der Waals surface area contributed by atoms with Crippen molar-refractivity contribution >= 4 is 0 Å². The molecule has 0 radical (unpaired) electrons. The van der Waals surface area contributed by atoms with E-state index >= 15 is 0 Å². The maximum atomic E-state index is 4.18. The molecular formula is C9H11N5. The fourth-order valence-electron chi connectivity index (χ4n) is 1.22. The van der Waals surface area contributed by atoms with Crippen LogP contribution in [-0.4, -0.2) is 24.7 Å². The van der Waals surface area contributed by atoms with Gasteiger partial charge in [-0.15, -0.1) is 0 Å². The molecule has 2 aromatic rings. The van der Waals surface area contributed by atoms with Gasteiger partial charge in [0.05, 0.1) is 6.20 Å². The summed E-state index contributed by atoms with van der Waals surface area (Å²) < 4.78 is 1.71. The Bertz CT molecular complexity index is 406. The molecule has 0 bridgehead atoms. The maximum absolute atomic E-state index is 4.18. The SMILES string of the molecule is CC(C)c1ncnn1-c1cnccn1. The van der Waals surface area contributed by atoms with Crippen LogP contribution in [0.4, 0.5) is 0 Å². The van der Waals surface area contributed by atoms with Crippen molar-refractivity contribution in [3.63, 3.8) is 0 Å². The van der Waals surface area contributed by atoms with E-state index < -0.39 is 0 Å². The normalized spacial score (nSPS) is 10.8. The Hall–Kier alpha value is -1.78. The largest absolute Gasteiger partial charge is 0.259 e. The summed E-state index contributed by atoms with van der Waals surface area (Å²) in [6, 6.07) is 0. The topological polar surface area (TPSA) is 56.5 Å². The van der Waals surface area contributed by atoms with E-state index in [1.165, 1.54) is 6.33 Å². The average molecular weight is 189 g/mol. The lowest BCUT2D eigenvalue weighted by molar-refractivity contribution is 0.700. The van der Waals surface area contributed by atoms with Crippen molar-refractivity contribution in [3.8, 4) is 5.82 Å². The predicted molar refractivity (Wildman–Crippen MR) is 51.0 cm³/mol. The van der Waals surface area contributed by atoms with Gasteiger partial charge in [0, 0.05) is 18.3 Å². The second-order valence-electron chi connectivity index (χ2n) is 3.25. The average Bonchev–Trinajstić information content (AvgIpc) is 2.67. The van der Waals surface area contributed by atoms with Gasteiger partial charge in [-0.1, -0.05) is 13.8 Å². The van der Waals surface area contributed by atoms with Gasteiger partial charge in [-0.25, -0.2) is 9.97 Å². The Morgan fingerprint density at radius 2 is 2.07 bits per heavy atom. The molecule has 0 saturated heterocycles. The second-order valence-corrected chi connectivity index (χ2v) is 3.25. The minimum Gasteiger partial charge on any atom is -0.259 e. The molecule has 0 aliphatic rings. The van der Waals surface area contributed by atoms with Crippen molar-refractivity contribution < 1.29 is 0 Å². The fraction of sp³-hybridized carbons (Fsp3) is 0.333. The Balaban J connectivity index is 2.47. The van der Waals surface area contributed by atoms with Gasteiger partial charge in [0.2, 0.25) is 0 Å². The summed E-state index contributed by atoms with van der Waals surface area (Å²) in [5, 5.41) is 4.11. The number of aromatic nitrogens is 5. The van der Waals surface area contributed by atoms with E-state index in [4.69, 9.17) is 0 Å². The molecule has 5 nitrogen and oxygen atoms in total. The molecule has 14 heavy (non-hydrogen) atoms. The Labute approximate surface area is 81.8 Å². The van der Waals surface area contributed by atoms with Gasteiger partial charge in [-0.3, -0.25) is 4.98 Å². The minimum atomic E-state index is 0.319. The molecule has 0 atom stereocenters. The molecule has 2 heterocycles. The van der Waals surface area contributed by atoms with Gasteiger partial charge >= 0.3 is 0 Å². The summed E-state index contributed by atoms with van der Waals surface area (Å²) in [6.45, 7) is 4.13. The van der Waals surface area contributed by atoms with Crippen molar-refractivity contribution in [3.05, 3.63) is 30.7 Å². The van der Waals surface area contributed by atoms with Crippen LogP contribution >= 0.6 is 0 Å². The van der Waals surface area contributed by atoms with Gasteiger partial charge in [-0.2, -0.15) is 9.78 Å². The quantitative estimate of drug-likeness (QED) is 0.711. The van der Waals surface area contributed by atoms with Crippen LogP contribution in [-0.2, 0) is 0 Å². The van der Waals surface area contributed by atoms with Crippen molar-refractivity contribution in [2.45, 2.75) is 19.8 Å². The summed E-state index contributed by atoms with van der Waals surface area (Å²) in [7, 11) is 0. The zero-order chi connectivity index (χ0) is 9.97. The van der Waals surface area contributed by atoms with Crippen molar-refractivity contribution in [2.24, 2.45) is 0 Å². The summed E-state index contributed by atoms with van der Waals surface area (Å²) in [5.74, 6) is 1.92. The van der Waals surface area contributed by atoms with Crippen LogP contribution in [0, 0.1) is 0 Å². The van der Waals surface area contributed by atoms with Crippen LogP contribution < -0.4 is 0 Å². The number of hydrogen-bond donors (Lipinski definition) is 0. The molecule has 0 aliphatic carbocycles. The number of rotatable bonds is 2. The molecule has 72 valence electrons. The van der Waals surface area contributed by atoms with Gasteiger partial charge in [0.1, 0.15) is 12.2 Å². The first-order valence-corrected chi connectivity index (χ1v) is 4.45. The van der Waals surface area contributed by atoms with Crippen LogP contribution in [0.15, 0.2) is 24.9 Å². The molecule has 0 saturated carbocycles. The third-order valence-electron chi connectivity index (χ3n) is 1.86. The molecule has 0 spiro atoms. The monoisotopic (exact) mass is 189 g/mol. The standard InChI is InChI=1S/C9H11N5/c1-7(2)9-12-6-13-14(9)8-5-10-3-4-11-8/h3-7H,1-2H3. The Kier molecular flexibility index (Phi) is 2.22. The highest BCUT2D eigenvalue weighted by Crippen LogP contribution is 2.12. The molecule has 0 amide bonds. The predicted octanol–water partition coefficient (Wildman–Crippen LogP) is 1.18. The second kappa shape index (κ2) is 3.53. The van der Waals surface area contributed by atoms with Gasteiger partial charge in [0.15, 0.2) is 5.82 Å². The molecule has 0 aliphatic heterocycles. The first-order valence-electron chi connectivity index (χ1n) is 4.45. The smallest absolute Gasteiger partial charge is 0.174 e. The number of hydrogen-bond acceptors (Lipinski definition) is 4. The van der Waals surface area contributed by atoms with E-state index in [0.29, 0.717) is 11.7 Å². The van der Waals surface area contributed by atoms with E-state index in [1.54, 1.807) is 23.3 Å². The molecular weight excluding hydrogens is 178 g/mol. The van der Waals surface area contributed by atoms with E-state index in [-0.39, 0.29) is 0 Å². The van der Waals surface area contributed by atoms with E-state index in [9.17, 15) is 0 Å². The summed E-state index contributed by atoms with van der Waals surface area (Å²) in [4.78, 5) is 12.3. The molecule has 0 N–H and O–H groups in total. The van der Waals surface area contributed by atoms with Crippen LogP contribution in [0.5, 0.6) is 0 Å². The van der Waals surface area contributed by atoms with Gasteiger partial charge in [0.25, 0.3) is 0 Å². The first kappa shape index (κ1) is 8.80. The van der Waals surface area contributed by atoms with Crippen LogP contribution in [0.2, 0.25) is 0 Å². The minimum absolute atomic E-state index is 0.319. The van der Waals surface area contributed by atoms with Crippen LogP contribution in [0.3, 0.4) is 0 Å². The van der Waals surface area contributed by atoms with E-state index in [0.717, 1.165) is 5.82 Å². The first-order chi connectivity index (χ1) is 6.79. The molecule has 5 heteroatoms. The zero-order valence-corrected chi connectivity index (χ0v) is 8.12. The number of nitrogens with zero attached hydrogens (tertiary/aromatic N) is 5.